The van der Waals surface area contributed by atoms with Crippen molar-refractivity contribution in [1.29, 1.82) is 0 Å². The molecule has 0 spiro atoms. The fraction of sp³-hybridized carbons (Fsp3) is 0.375. The predicted octanol–water partition coefficient (Wildman–Crippen LogP) is 4.62. The minimum absolute atomic E-state index is 0.257. The molecule has 0 amide bonds. The third-order valence-corrected chi connectivity index (χ3v) is 3.89. The molecule has 2 heteroatoms. The van der Waals surface area contributed by atoms with E-state index in [-0.39, 0.29) is 6.10 Å². The fourth-order valence-electron chi connectivity index (χ4n) is 1.66. The molecular formula is C16H22OS. The zero-order valence-electron chi connectivity index (χ0n) is 11.5. The highest BCUT2D eigenvalue weighted by molar-refractivity contribution is 7.99. The van der Waals surface area contributed by atoms with Gasteiger partial charge in [0.05, 0.1) is 6.10 Å². The number of methoxy groups -OCH3 is 1. The topological polar surface area (TPSA) is 9.23 Å². The Hall–Kier alpha value is -0.990. The highest BCUT2D eigenvalue weighted by atomic mass is 32.2. The van der Waals surface area contributed by atoms with Gasteiger partial charge in [0.15, 0.2) is 0 Å². The standard InChI is InChI=1S/C16H22OS/c1-5-6-14(3)11-15(17-4)12-18-16-9-7-13(2)8-10-16/h5-10,15H,1,11-12H2,2-4H3/b14-6+. The monoisotopic (exact) mass is 262 g/mol. The highest BCUT2D eigenvalue weighted by Gasteiger charge is 2.08. The maximum atomic E-state index is 5.52. The van der Waals surface area contributed by atoms with Crippen LogP contribution in [0.5, 0.6) is 0 Å². The summed E-state index contributed by atoms with van der Waals surface area (Å²) in [6.45, 7) is 7.94. The zero-order chi connectivity index (χ0) is 13.4. The van der Waals surface area contributed by atoms with Gasteiger partial charge in [0.1, 0.15) is 0 Å². The van der Waals surface area contributed by atoms with Gasteiger partial charge in [-0.15, -0.1) is 11.8 Å². The first kappa shape index (κ1) is 15.1. The van der Waals surface area contributed by atoms with E-state index in [1.54, 1.807) is 7.11 Å². The van der Waals surface area contributed by atoms with Crippen LogP contribution in [0.2, 0.25) is 0 Å². The van der Waals surface area contributed by atoms with Crippen LogP contribution < -0.4 is 0 Å². The minimum atomic E-state index is 0.257. The average molecular weight is 262 g/mol. The van der Waals surface area contributed by atoms with Gasteiger partial charge in [0.2, 0.25) is 0 Å². The molecular weight excluding hydrogens is 240 g/mol. The van der Waals surface area contributed by atoms with E-state index in [0.717, 1.165) is 12.2 Å². The Morgan fingerprint density at radius 2 is 2.06 bits per heavy atom. The molecule has 0 fully saturated rings. The fourth-order valence-corrected chi connectivity index (χ4v) is 2.62. The van der Waals surface area contributed by atoms with Crippen molar-refractivity contribution < 1.29 is 4.74 Å². The molecule has 0 radical (unpaired) electrons. The molecule has 1 aromatic rings. The highest BCUT2D eigenvalue weighted by Crippen LogP contribution is 2.22. The molecule has 0 aliphatic carbocycles. The minimum Gasteiger partial charge on any atom is -0.380 e. The lowest BCUT2D eigenvalue weighted by Crippen LogP contribution is -2.14. The summed E-state index contributed by atoms with van der Waals surface area (Å²) < 4.78 is 5.52. The van der Waals surface area contributed by atoms with Gasteiger partial charge in [-0.25, -0.2) is 0 Å². The Balaban J connectivity index is 2.46. The summed E-state index contributed by atoms with van der Waals surface area (Å²) in [5.74, 6) is 0.974. The van der Waals surface area contributed by atoms with Gasteiger partial charge < -0.3 is 4.74 Å². The molecule has 0 aliphatic rings. The van der Waals surface area contributed by atoms with Crippen LogP contribution in [-0.2, 0) is 4.74 Å². The van der Waals surface area contributed by atoms with E-state index < -0.39 is 0 Å². The van der Waals surface area contributed by atoms with E-state index in [1.165, 1.54) is 16.0 Å². The number of ether oxygens (including phenoxy) is 1. The van der Waals surface area contributed by atoms with Crippen LogP contribution in [0.25, 0.3) is 0 Å². The lowest BCUT2D eigenvalue weighted by Gasteiger charge is -2.15. The van der Waals surface area contributed by atoms with Gasteiger partial charge in [-0.2, -0.15) is 0 Å². The van der Waals surface area contributed by atoms with Gasteiger partial charge in [0, 0.05) is 17.8 Å². The Labute approximate surface area is 115 Å². The van der Waals surface area contributed by atoms with Crippen molar-refractivity contribution in [2.75, 3.05) is 12.9 Å². The van der Waals surface area contributed by atoms with Crippen molar-refractivity contribution in [1.82, 2.24) is 0 Å². The Kier molecular flexibility index (Phi) is 6.84. The van der Waals surface area contributed by atoms with Crippen LogP contribution in [0.3, 0.4) is 0 Å². The van der Waals surface area contributed by atoms with Crippen molar-refractivity contribution >= 4 is 11.8 Å². The first-order valence-electron chi connectivity index (χ1n) is 6.16. The van der Waals surface area contributed by atoms with E-state index in [9.17, 15) is 0 Å². The number of allylic oxidation sites excluding steroid dienone is 2. The summed E-state index contributed by atoms with van der Waals surface area (Å²) in [6.07, 6.45) is 5.09. The van der Waals surface area contributed by atoms with Crippen LogP contribution in [0.4, 0.5) is 0 Å². The number of rotatable bonds is 7. The number of aryl methyl sites for hydroxylation is 1. The first-order valence-corrected chi connectivity index (χ1v) is 7.14. The summed E-state index contributed by atoms with van der Waals surface area (Å²) in [4.78, 5) is 1.30. The third-order valence-electron chi connectivity index (χ3n) is 2.74. The van der Waals surface area contributed by atoms with E-state index in [1.807, 2.05) is 23.9 Å². The van der Waals surface area contributed by atoms with Gasteiger partial charge in [0.25, 0.3) is 0 Å². The predicted molar refractivity (Wildman–Crippen MR) is 81.3 cm³/mol. The first-order chi connectivity index (χ1) is 8.65. The van der Waals surface area contributed by atoms with Gasteiger partial charge in [-0.1, -0.05) is 42.0 Å². The quantitative estimate of drug-likeness (QED) is 0.523. The molecule has 18 heavy (non-hydrogen) atoms. The number of benzene rings is 1. The maximum absolute atomic E-state index is 5.52. The van der Waals surface area contributed by atoms with Gasteiger partial charge in [-0.05, 0) is 32.4 Å². The van der Waals surface area contributed by atoms with Crippen LogP contribution in [-0.4, -0.2) is 19.0 Å². The third kappa shape index (κ3) is 5.56. The lowest BCUT2D eigenvalue weighted by atomic mass is 10.1. The second kappa shape index (κ2) is 8.17. The van der Waals surface area contributed by atoms with Crippen LogP contribution in [0.15, 0.2) is 53.5 Å². The number of hydrogen-bond donors (Lipinski definition) is 0. The smallest absolute Gasteiger partial charge is 0.0702 e. The van der Waals surface area contributed by atoms with Crippen LogP contribution in [0.1, 0.15) is 18.9 Å². The second-order valence-electron chi connectivity index (χ2n) is 4.43. The SMILES string of the molecule is C=C/C=C(\C)CC(CSc1ccc(C)cc1)OC. The molecule has 0 heterocycles. The lowest BCUT2D eigenvalue weighted by molar-refractivity contribution is 0.122. The number of thioether (sulfide) groups is 1. The second-order valence-corrected chi connectivity index (χ2v) is 5.53. The van der Waals surface area contributed by atoms with E-state index in [2.05, 4.69) is 44.7 Å². The van der Waals surface area contributed by atoms with E-state index in [0.29, 0.717) is 0 Å². The molecule has 1 unspecified atom stereocenters. The molecule has 0 N–H and O–H groups in total. The van der Waals surface area contributed by atoms with Crippen molar-refractivity contribution in [2.24, 2.45) is 0 Å². The van der Waals surface area contributed by atoms with E-state index >= 15 is 0 Å². The normalized spacial score (nSPS) is 13.4. The number of hydrogen-bond acceptors (Lipinski definition) is 2. The Morgan fingerprint density at radius 1 is 1.39 bits per heavy atom. The molecule has 1 rings (SSSR count). The molecule has 0 saturated heterocycles. The molecule has 98 valence electrons. The largest absolute Gasteiger partial charge is 0.380 e. The molecule has 1 atom stereocenters. The summed E-state index contributed by atoms with van der Waals surface area (Å²) in [6, 6.07) is 8.62. The van der Waals surface area contributed by atoms with Crippen LogP contribution in [0, 0.1) is 6.92 Å². The molecule has 1 aromatic carbocycles. The van der Waals surface area contributed by atoms with Crippen molar-refractivity contribution in [3.8, 4) is 0 Å². The zero-order valence-corrected chi connectivity index (χ0v) is 12.3. The average Bonchev–Trinajstić information content (AvgIpc) is 2.36. The molecule has 0 aromatic heterocycles. The molecule has 0 bridgehead atoms. The Bertz CT molecular complexity index is 392. The molecule has 0 aliphatic heterocycles. The van der Waals surface area contributed by atoms with Crippen molar-refractivity contribution in [3.05, 3.63) is 54.1 Å². The molecule has 1 nitrogen and oxygen atoms in total. The Morgan fingerprint density at radius 3 is 2.61 bits per heavy atom. The van der Waals surface area contributed by atoms with Gasteiger partial charge >= 0.3 is 0 Å². The summed E-state index contributed by atoms with van der Waals surface area (Å²) in [7, 11) is 1.78. The molecule has 0 saturated carbocycles. The van der Waals surface area contributed by atoms with Crippen LogP contribution >= 0.6 is 11.8 Å². The van der Waals surface area contributed by atoms with Gasteiger partial charge in [-0.3, -0.25) is 0 Å². The van der Waals surface area contributed by atoms with Crippen molar-refractivity contribution in [3.63, 3.8) is 0 Å². The van der Waals surface area contributed by atoms with E-state index in [4.69, 9.17) is 4.74 Å². The summed E-state index contributed by atoms with van der Waals surface area (Å²) >= 11 is 1.84. The summed E-state index contributed by atoms with van der Waals surface area (Å²) in [5.41, 5.74) is 2.61. The maximum Gasteiger partial charge on any atom is 0.0702 e. The summed E-state index contributed by atoms with van der Waals surface area (Å²) in [5, 5.41) is 0. The van der Waals surface area contributed by atoms with Crippen molar-refractivity contribution in [2.45, 2.75) is 31.3 Å².